The summed E-state index contributed by atoms with van der Waals surface area (Å²) >= 11 is 0. The zero-order chi connectivity index (χ0) is 18.4. The second-order valence-electron chi connectivity index (χ2n) is 4.24. The smallest absolute Gasteiger partial charge is 0.267 e. The standard InChI is InChI=1S/C12H10N4O6S2/c1-23(17,18)21-15-11(7-13)9-4-3-5-10(6-9)12(8-14)16-22-24(2,19)20/h3-6H,1-2H3/b15-11-,16-12+. The summed E-state index contributed by atoms with van der Waals surface area (Å²) in [5, 5.41) is 24.5. The Hall–Kier alpha value is -2.96. The molecular formula is C12H10N4O6S2. The Balaban J connectivity index is 3.26. The van der Waals surface area contributed by atoms with Gasteiger partial charge in [0.2, 0.25) is 0 Å². The summed E-state index contributed by atoms with van der Waals surface area (Å²) in [6, 6.07) is 8.78. The maximum atomic E-state index is 10.9. The largest absolute Gasteiger partial charge is 0.325 e. The minimum atomic E-state index is -3.89. The SMILES string of the molecule is CS(=O)(=O)O/N=C(\C#N)c1cccc(/C(C#N)=N\OS(C)(=O)=O)c1. The fourth-order valence-corrected chi connectivity index (χ4v) is 1.72. The zero-order valence-electron chi connectivity index (χ0n) is 12.4. The van der Waals surface area contributed by atoms with E-state index in [1.165, 1.54) is 24.3 Å². The predicted molar refractivity (Wildman–Crippen MR) is 82.6 cm³/mol. The van der Waals surface area contributed by atoms with Gasteiger partial charge in [0.15, 0.2) is 11.4 Å². The van der Waals surface area contributed by atoms with Gasteiger partial charge in [-0.25, -0.2) is 0 Å². The molecule has 126 valence electrons. The van der Waals surface area contributed by atoms with E-state index in [0.29, 0.717) is 0 Å². The average Bonchev–Trinajstić information content (AvgIpc) is 2.47. The van der Waals surface area contributed by atoms with E-state index < -0.39 is 20.2 Å². The van der Waals surface area contributed by atoms with E-state index in [1.807, 2.05) is 0 Å². The van der Waals surface area contributed by atoms with Crippen molar-refractivity contribution in [1.82, 2.24) is 0 Å². The first-order valence-electron chi connectivity index (χ1n) is 5.90. The van der Waals surface area contributed by atoms with Gasteiger partial charge in [-0.1, -0.05) is 28.5 Å². The van der Waals surface area contributed by atoms with Gasteiger partial charge in [0.25, 0.3) is 0 Å². The highest BCUT2D eigenvalue weighted by molar-refractivity contribution is 7.86. The second-order valence-corrected chi connectivity index (χ2v) is 7.36. The maximum absolute atomic E-state index is 10.9. The molecular weight excluding hydrogens is 360 g/mol. The van der Waals surface area contributed by atoms with Crippen LogP contribution < -0.4 is 0 Å². The first-order valence-corrected chi connectivity index (χ1v) is 9.53. The molecule has 0 atom stereocenters. The number of hydrogen-bond acceptors (Lipinski definition) is 10. The van der Waals surface area contributed by atoms with Gasteiger partial charge >= 0.3 is 20.2 Å². The molecule has 0 bridgehead atoms. The van der Waals surface area contributed by atoms with Crippen molar-refractivity contribution in [3.05, 3.63) is 35.4 Å². The summed E-state index contributed by atoms with van der Waals surface area (Å²) in [5.74, 6) is 0. The number of nitriles is 2. The molecule has 0 aliphatic rings. The van der Waals surface area contributed by atoms with Crippen molar-refractivity contribution in [3.63, 3.8) is 0 Å². The van der Waals surface area contributed by atoms with E-state index in [9.17, 15) is 16.8 Å². The molecule has 1 aromatic rings. The molecule has 1 aromatic carbocycles. The van der Waals surface area contributed by atoms with Crippen LogP contribution >= 0.6 is 0 Å². The van der Waals surface area contributed by atoms with E-state index in [-0.39, 0.29) is 22.6 Å². The Bertz CT molecular complexity index is 904. The molecule has 0 aromatic heterocycles. The summed E-state index contributed by atoms with van der Waals surface area (Å²) in [4.78, 5) is 0. The van der Waals surface area contributed by atoms with Crippen LogP contribution in [0, 0.1) is 22.7 Å². The quantitative estimate of drug-likeness (QED) is 0.503. The molecule has 10 nitrogen and oxygen atoms in total. The van der Waals surface area contributed by atoms with E-state index in [2.05, 4.69) is 18.9 Å². The molecule has 0 aliphatic heterocycles. The number of nitrogens with zero attached hydrogens (tertiary/aromatic N) is 4. The van der Waals surface area contributed by atoms with Crippen molar-refractivity contribution >= 4 is 31.7 Å². The summed E-state index contributed by atoms with van der Waals surface area (Å²) in [6.45, 7) is 0. The van der Waals surface area contributed by atoms with Gasteiger partial charge < -0.3 is 0 Å². The molecule has 0 unspecified atom stereocenters. The molecule has 1 rings (SSSR count). The Labute approximate surface area is 138 Å². The zero-order valence-corrected chi connectivity index (χ0v) is 14.0. The molecule has 0 amide bonds. The highest BCUT2D eigenvalue weighted by atomic mass is 32.2. The second kappa shape index (κ2) is 7.54. The van der Waals surface area contributed by atoms with Gasteiger partial charge in [0, 0.05) is 11.1 Å². The third-order valence-corrected chi connectivity index (χ3v) is 2.84. The third kappa shape index (κ3) is 6.43. The minimum Gasteiger partial charge on any atom is -0.267 e. The molecule has 0 fully saturated rings. The lowest BCUT2D eigenvalue weighted by Gasteiger charge is -2.02. The van der Waals surface area contributed by atoms with Gasteiger partial charge in [-0.15, -0.1) is 0 Å². The minimum absolute atomic E-state index is 0.126. The van der Waals surface area contributed by atoms with Gasteiger partial charge in [-0.05, 0) is 6.07 Å². The van der Waals surface area contributed by atoms with Crippen molar-refractivity contribution in [2.75, 3.05) is 12.5 Å². The van der Waals surface area contributed by atoms with E-state index in [1.54, 1.807) is 12.1 Å². The first-order chi connectivity index (χ1) is 11.1. The lowest BCUT2D eigenvalue weighted by Crippen LogP contribution is -2.06. The highest BCUT2D eigenvalue weighted by Crippen LogP contribution is 2.09. The van der Waals surface area contributed by atoms with Gasteiger partial charge in [0.05, 0.1) is 12.5 Å². The summed E-state index contributed by atoms with van der Waals surface area (Å²) in [7, 11) is -7.79. The maximum Gasteiger partial charge on any atom is 0.325 e. The normalized spacial score (nSPS) is 12.8. The van der Waals surface area contributed by atoms with Crippen molar-refractivity contribution < 1.29 is 25.4 Å². The van der Waals surface area contributed by atoms with Crippen molar-refractivity contribution in [2.45, 2.75) is 0 Å². The van der Waals surface area contributed by atoms with Gasteiger partial charge in [-0.3, -0.25) is 8.57 Å². The monoisotopic (exact) mass is 370 g/mol. The fraction of sp³-hybridized carbons (Fsp3) is 0.167. The topological polar surface area (TPSA) is 159 Å². The van der Waals surface area contributed by atoms with Crippen LogP contribution in [0.25, 0.3) is 0 Å². The van der Waals surface area contributed by atoms with Crippen molar-refractivity contribution in [3.8, 4) is 12.1 Å². The fourth-order valence-electron chi connectivity index (χ4n) is 1.30. The lowest BCUT2D eigenvalue weighted by molar-refractivity contribution is 0.343. The first kappa shape index (κ1) is 19.1. The number of oxime groups is 2. The summed E-state index contributed by atoms with van der Waals surface area (Å²) < 4.78 is 52.0. The Morgan fingerprint density at radius 1 is 0.917 bits per heavy atom. The summed E-state index contributed by atoms with van der Waals surface area (Å²) in [5.41, 5.74) is -0.492. The molecule has 24 heavy (non-hydrogen) atoms. The molecule has 12 heteroatoms. The number of hydrogen-bond donors (Lipinski definition) is 0. The molecule has 0 aliphatic carbocycles. The van der Waals surface area contributed by atoms with Crippen LogP contribution in [0.4, 0.5) is 0 Å². The highest BCUT2D eigenvalue weighted by Gasteiger charge is 2.11. The molecule has 0 N–H and O–H groups in total. The Morgan fingerprint density at radius 2 is 1.29 bits per heavy atom. The number of benzene rings is 1. The number of rotatable bonds is 6. The average molecular weight is 370 g/mol. The van der Waals surface area contributed by atoms with Crippen LogP contribution in [0.2, 0.25) is 0 Å². The van der Waals surface area contributed by atoms with Crippen LogP contribution in [0.5, 0.6) is 0 Å². The molecule has 0 radical (unpaired) electrons. The molecule has 0 saturated carbocycles. The van der Waals surface area contributed by atoms with E-state index in [4.69, 9.17) is 10.5 Å². The Morgan fingerprint density at radius 3 is 1.58 bits per heavy atom. The lowest BCUT2D eigenvalue weighted by atomic mass is 10.0. The van der Waals surface area contributed by atoms with Crippen LogP contribution in [-0.2, 0) is 28.8 Å². The van der Waals surface area contributed by atoms with Crippen LogP contribution in [0.1, 0.15) is 11.1 Å². The molecule has 0 saturated heterocycles. The van der Waals surface area contributed by atoms with Crippen molar-refractivity contribution in [1.29, 1.82) is 10.5 Å². The third-order valence-electron chi connectivity index (χ3n) is 2.15. The summed E-state index contributed by atoms with van der Waals surface area (Å²) in [6.07, 6.45) is 1.51. The molecule has 0 spiro atoms. The van der Waals surface area contributed by atoms with E-state index >= 15 is 0 Å². The Kier molecular flexibility index (Phi) is 6.00. The van der Waals surface area contributed by atoms with Crippen LogP contribution in [0.3, 0.4) is 0 Å². The van der Waals surface area contributed by atoms with E-state index in [0.717, 1.165) is 12.5 Å². The van der Waals surface area contributed by atoms with Crippen LogP contribution in [0.15, 0.2) is 34.6 Å². The van der Waals surface area contributed by atoms with Gasteiger partial charge in [-0.2, -0.15) is 27.4 Å². The molecule has 0 heterocycles. The van der Waals surface area contributed by atoms with Crippen LogP contribution in [-0.4, -0.2) is 40.8 Å². The van der Waals surface area contributed by atoms with Crippen molar-refractivity contribution in [2.24, 2.45) is 10.3 Å². The van der Waals surface area contributed by atoms with Gasteiger partial charge in [0.1, 0.15) is 12.1 Å². The predicted octanol–water partition coefficient (Wildman–Crippen LogP) is 0.0944.